The van der Waals surface area contributed by atoms with Gasteiger partial charge in [0.05, 0.1) is 0 Å². The van der Waals surface area contributed by atoms with Crippen LogP contribution in [0.5, 0.6) is 0 Å². The topological polar surface area (TPSA) is 107 Å². The normalized spacial score (nSPS) is 11.8. The van der Waals surface area contributed by atoms with Gasteiger partial charge in [0, 0.05) is 6.42 Å². The molecule has 2 aromatic rings. The lowest BCUT2D eigenvalue weighted by Crippen LogP contribution is -2.21. The van der Waals surface area contributed by atoms with E-state index in [0.717, 1.165) is 10.2 Å². The van der Waals surface area contributed by atoms with E-state index in [1.165, 1.54) is 6.33 Å². The zero-order valence-corrected chi connectivity index (χ0v) is 11.1. The molecule has 1 heterocycles. The average Bonchev–Trinajstić information content (AvgIpc) is 3.00. The molecule has 0 radical (unpaired) electrons. The van der Waals surface area contributed by atoms with Gasteiger partial charge in [-0.05, 0) is 22.4 Å². The molecule has 0 saturated heterocycles. The van der Waals surface area contributed by atoms with E-state index < -0.39 is 18.0 Å². The van der Waals surface area contributed by atoms with Crippen molar-refractivity contribution in [3.8, 4) is 0 Å². The Morgan fingerprint density at radius 1 is 1.29 bits per heavy atom. The van der Waals surface area contributed by atoms with Crippen molar-refractivity contribution in [1.82, 2.24) is 20.2 Å². The number of aliphatic carboxylic acids is 1. The summed E-state index contributed by atoms with van der Waals surface area (Å²) >= 11 is 0. The Labute approximate surface area is 120 Å². The molecule has 8 nitrogen and oxygen atoms in total. The highest BCUT2D eigenvalue weighted by molar-refractivity contribution is 5.74. The predicted molar refractivity (Wildman–Crippen MR) is 70.0 cm³/mol. The minimum atomic E-state index is -1.10. The van der Waals surface area contributed by atoms with Gasteiger partial charge in [0.2, 0.25) is 0 Å². The molecule has 0 aliphatic rings. The minimum Gasteiger partial charge on any atom is -0.480 e. The Morgan fingerprint density at radius 2 is 2.05 bits per heavy atom. The summed E-state index contributed by atoms with van der Waals surface area (Å²) < 4.78 is 6.19. The fourth-order valence-electron chi connectivity index (χ4n) is 1.74. The molecule has 2 rings (SSSR count). The SMILES string of the molecule is O=C(CC[C@@H](C(=O)O)n1cnnn1)OCc1ccccc1. The smallest absolute Gasteiger partial charge is 0.328 e. The van der Waals surface area contributed by atoms with Gasteiger partial charge in [0.1, 0.15) is 12.9 Å². The molecule has 0 amide bonds. The van der Waals surface area contributed by atoms with Crippen LogP contribution in [0.2, 0.25) is 0 Å². The zero-order chi connectivity index (χ0) is 15.1. The van der Waals surface area contributed by atoms with Gasteiger partial charge < -0.3 is 9.84 Å². The van der Waals surface area contributed by atoms with Crippen LogP contribution in [0.25, 0.3) is 0 Å². The standard InChI is InChI=1S/C13H14N4O4/c18-12(21-8-10-4-2-1-3-5-10)7-6-11(13(19)20)17-9-14-15-16-17/h1-5,9,11H,6-8H2,(H,19,20)/t11-/m0/s1. The van der Waals surface area contributed by atoms with E-state index in [2.05, 4.69) is 15.5 Å². The molecule has 0 fully saturated rings. The molecule has 0 saturated carbocycles. The molecule has 1 N–H and O–H groups in total. The van der Waals surface area contributed by atoms with Gasteiger partial charge in [-0.2, -0.15) is 0 Å². The zero-order valence-electron chi connectivity index (χ0n) is 11.1. The van der Waals surface area contributed by atoms with Gasteiger partial charge in [0.15, 0.2) is 6.04 Å². The number of tetrazole rings is 1. The summed E-state index contributed by atoms with van der Waals surface area (Å²) in [6.45, 7) is 0.169. The van der Waals surface area contributed by atoms with Crippen LogP contribution in [0.4, 0.5) is 0 Å². The number of carboxylic acid groups (broad SMARTS) is 1. The number of nitrogens with zero attached hydrogens (tertiary/aromatic N) is 4. The van der Waals surface area contributed by atoms with Crippen LogP contribution in [0, 0.1) is 0 Å². The molecule has 110 valence electrons. The largest absolute Gasteiger partial charge is 0.480 e. The average molecular weight is 290 g/mol. The van der Waals surface area contributed by atoms with Crippen LogP contribution >= 0.6 is 0 Å². The molecular formula is C13H14N4O4. The van der Waals surface area contributed by atoms with Crippen LogP contribution in [0.15, 0.2) is 36.7 Å². The van der Waals surface area contributed by atoms with Crippen molar-refractivity contribution >= 4 is 11.9 Å². The van der Waals surface area contributed by atoms with Gasteiger partial charge in [-0.3, -0.25) is 4.79 Å². The lowest BCUT2D eigenvalue weighted by atomic mass is 10.1. The molecule has 0 bridgehead atoms. The fraction of sp³-hybridized carbons (Fsp3) is 0.308. The highest BCUT2D eigenvalue weighted by Gasteiger charge is 2.22. The van der Waals surface area contributed by atoms with E-state index >= 15 is 0 Å². The lowest BCUT2D eigenvalue weighted by molar-refractivity contribution is -0.146. The number of benzene rings is 1. The summed E-state index contributed by atoms with van der Waals surface area (Å²) in [5.74, 6) is -1.56. The Hall–Kier alpha value is -2.77. The highest BCUT2D eigenvalue weighted by Crippen LogP contribution is 2.13. The number of hydrogen-bond donors (Lipinski definition) is 1. The van der Waals surface area contributed by atoms with E-state index in [1.807, 2.05) is 30.3 Å². The van der Waals surface area contributed by atoms with Crippen molar-refractivity contribution in [3.05, 3.63) is 42.2 Å². The Kier molecular flexibility index (Phi) is 4.97. The fourth-order valence-corrected chi connectivity index (χ4v) is 1.74. The maximum Gasteiger partial charge on any atom is 0.328 e. The lowest BCUT2D eigenvalue weighted by Gasteiger charge is -2.11. The molecule has 1 atom stereocenters. The summed E-state index contributed by atoms with van der Waals surface area (Å²) in [7, 11) is 0. The summed E-state index contributed by atoms with van der Waals surface area (Å²) in [4.78, 5) is 22.8. The van der Waals surface area contributed by atoms with E-state index in [0.29, 0.717) is 0 Å². The molecule has 21 heavy (non-hydrogen) atoms. The molecular weight excluding hydrogens is 276 g/mol. The molecule has 8 heteroatoms. The number of esters is 1. The molecule has 1 aromatic carbocycles. The van der Waals surface area contributed by atoms with Gasteiger partial charge >= 0.3 is 11.9 Å². The third-order valence-corrected chi connectivity index (χ3v) is 2.83. The van der Waals surface area contributed by atoms with E-state index in [-0.39, 0.29) is 19.4 Å². The van der Waals surface area contributed by atoms with Crippen molar-refractivity contribution in [1.29, 1.82) is 0 Å². The number of aromatic nitrogens is 4. The van der Waals surface area contributed by atoms with Crippen LogP contribution in [0.3, 0.4) is 0 Å². The summed E-state index contributed by atoms with van der Waals surface area (Å²) in [5.41, 5.74) is 0.876. The third kappa shape index (κ3) is 4.37. The quantitative estimate of drug-likeness (QED) is 0.752. The summed E-state index contributed by atoms with van der Waals surface area (Å²) in [6.07, 6.45) is 1.24. The monoisotopic (exact) mass is 290 g/mol. The molecule has 0 aliphatic heterocycles. The van der Waals surface area contributed by atoms with Crippen molar-refractivity contribution in [2.24, 2.45) is 0 Å². The first-order chi connectivity index (χ1) is 10.2. The Balaban J connectivity index is 1.81. The van der Waals surface area contributed by atoms with Crippen LogP contribution < -0.4 is 0 Å². The van der Waals surface area contributed by atoms with Gasteiger partial charge in [-0.1, -0.05) is 30.3 Å². The first-order valence-electron chi connectivity index (χ1n) is 6.31. The second-order valence-corrected chi connectivity index (χ2v) is 4.33. The number of carbonyl (C=O) groups excluding carboxylic acids is 1. The first-order valence-corrected chi connectivity index (χ1v) is 6.31. The minimum absolute atomic E-state index is 0.0241. The van der Waals surface area contributed by atoms with Gasteiger partial charge in [0.25, 0.3) is 0 Å². The molecule has 0 unspecified atom stereocenters. The number of carbonyl (C=O) groups is 2. The number of rotatable bonds is 7. The molecule has 0 spiro atoms. The predicted octanol–water partition coefficient (Wildman–Crippen LogP) is 0.822. The highest BCUT2D eigenvalue weighted by atomic mass is 16.5. The Bertz CT molecular complexity index is 585. The molecule has 1 aromatic heterocycles. The summed E-state index contributed by atoms with van der Waals surface area (Å²) in [5, 5.41) is 19.4. The maximum absolute atomic E-state index is 11.6. The van der Waals surface area contributed by atoms with Crippen LogP contribution in [-0.2, 0) is 20.9 Å². The summed E-state index contributed by atoms with van der Waals surface area (Å²) in [6, 6.07) is 8.27. The second-order valence-electron chi connectivity index (χ2n) is 4.33. The van der Waals surface area contributed by atoms with E-state index in [9.17, 15) is 9.59 Å². The van der Waals surface area contributed by atoms with E-state index in [4.69, 9.17) is 9.84 Å². The van der Waals surface area contributed by atoms with Crippen molar-refractivity contribution in [2.75, 3.05) is 0 Å². The number of hydrogen-bond acceptors (Lipinski definition) is 6. The number of carboxylic acids is 1. The van der Waals surface area contributed by atoms with Crippen LogP contribution in [0.1, 0.15) is 24.4 Å². The van der Waals surface area contributed by atoms with E-state index in [1.54, 1.807) is 0 Å². The number of ether oxygens (including phenoxy) is 1. The van der Waals surface area contributed by atoms with Crippen LogP contribution in [-0.4, -0.2) is 37.3 Å². The van der Waals surface area contributed by atoms with Crippen molar-refractivity contribution in [2.45, 2.75) is 25.5 Å². The van der Waals surface area contributed by atoms with Crippen molar-refractivity contribution < 1.29 is 19.4 Å². The maximum atomic E-state index is 11.6. The Morgan fingerprint density at radius 3 is 2.67 bits per heavy atom. The van der Waals surface area contributed by atoms with Gasteiger partial charge in [-0.15, -0.1) is 5.10 Å². The van der Waals surface area contributed by atoms with Crippen molar-refractivity contribution in [3.63, 3.8) is 0 Å². The first kappa shape index (κ1) is 14.6. The second kappa shape index (κ2) is 7.13. The van der Waals surface area contributed by atoms with Gasteiger partial charge in [-0.25, -0.2) is 9.48 Å². The third-order valence-electron chi connectivity index (χ3n) is 2.83. The molecule has 0 aliphatic carbocycles.